The summed E-state index contributed by atoms with van der Waals surface area (Å²) in [5, 5.41) is 6.62. The number of nitrogens with zero attached hydrogens (tertiary/aromatic N) is 1. The van der Waals surface area contributed by atoms with Crippen LogP contribution >= 0.6 is 0 Å². The van der Waals surface area contributed by atoms with E-state index in [0.717, 1.165) is 12.0 Å². The van der Waals surface area contributed by atoms with Gasteiger partial charge in [0.05, 0.1) is 11.8 Å². The third kappa shape index (κ3) is 5.40. The first-order valence-corrected chi connectivity index (χ1v) is 9.49. The summed E-state index contributed by atoms with van der Waals surface area (Å²) in [4.78, 5) is 29.3. The lowest BCUT2D eigenvalue weighted by atomic mass is 10.0. The van der Waals surface area contributed by atoms with Gasteiger partial charge in [-0.25, -0.2) is 9.18 Å². The molecule has 152 valence electrons. The van der Waals surface area contributed by atoms with E-state index in [9.17, 15) is 14.0 Å². The van der Waals surface area contributed by atoms with Gasteiger partial charge < -0.3 is 14.9 Å². The number of amides is 1. The van der Waals surface area contributed by atoms with Gasteiger partial charge in [-0.3, -0.25) is 4.79 Å². The van der Waals surface area contributed by atoms with Crippen LogP contribution in [0.25, 0.3) is 0 Å². The van der Waals surface area contributed by atoms with Crippen molar-refractivity contribution in [2.75, 3.05) is 6.61 Å². The van der Waals surface area contributed by atoms with Gasteiger partial charge in [0.1, 0.15) is 5.82 Å². The normalized spacial score (nSPS) is 16.5. The summed E-state index contributed by atoms with van der Waals surface area (Å²) < 4.78 is 18.4. The van der Waals surface area contributed by atoms with E-state index in [-0.39, 0.29) is 12.5 Å². The molecular weight excluding hydrogens is 375 g/mol. The second kappa shape index (κ2) is 9.32. The molecule has 0 fully saturated rings. The van der Waals surface area contributed by atoms with E-state index in [0.29, 0.717) is 11.3 Å². The van der Waals surface area contributed by atoms with Crippen molar-refractivity contribution in [3.8, 4) is 0 Å². The molecule has 2 aromatic carbocycles. The Labute approximate surface area is 168 Å². The summed E-state index contributed by atoms with van der Waals surface area (Å²) in [6, 6.07) is 13.6. The molecule has 1 aliphatic heterocycles. The molecule has 1 aliphatic rings. The van der Waals surface area contributed by atoms with Crippen LogP contribution in [0.1, 0.15) is 43.0 Å². The molecule has 0 saturated carbocycles. The Hall–Kier alpha value is -3.22. The Morgan fingerprint density at radius 2 is 2.03 bits per heavy atom. The zero-order valence-corrected chi connectivity index (χ0v) is 16.4. The fourth-order valence-corrected chi connectivity index (χ4v) is 2.98. The molecule has 0 aromatic heterocycles. The van der Waals surface area contributed by atoms with Crippen molar-refractivity contribution in [3.63, 3.8) is 0 Å². The highest BCUT2D eigenvalue weighted by Crippen LogP contribution is 2.18. The van der Waals surface area contributed by atoms with Gasteiger partial charge in [-0.2, -0.15) is 0 Å². The molecule has 1 heterocycles. The van der Waals surface area contributed by atoms with Crippen LogP contribution in [0.2, 0.25) is 0 Å². The van der Waals surface area contributed by atoms with Crippen molar-refractivity contribution in [2.45, 2.75) is 38.8 Å². The number of carbonyl (C=O) groups excluding carboxylic acids is 2. The number of rotatable bonds is 7. The van der Waals surface area contributed by atoms with Crippen molar-refractivity contribution >= 4 is 17.6 Å². The number of ether oxygens (including phenoxy) is 1. The lowest BCUT2D eigenvalue weighted by Gasteiger charge is -2.15. The monoisotopic (exact) mass is 398 g/mol. The molecule has 0 radical (unpaired) electrons. The van der Waals surface area contributed by atoms with Crippen molar-refractivity contribution < 1.29 is 23.6 Å². The molecule has 0 saturated heterocycles. The predicted molar refractivity (Wildman–Crippen MR) is 106 cm³/mol. The average molecular weight is 398 g/mol. The summed E-state index contributed by atoms with van der Waals surface area (Å²) in [6.45, 7) is 3.53. The minimum atomic E-state index is -0.944. The van der Waals surface area contributed by atoms with E-state index in [1.54, 1.807) is 12.1 Å². The van der Waals surface area contributed by atoms with E-state index in [1.807, 2.05) is 31.2 Å². The van der Waals surface area contributed by atoms with Crippen molar-refractivity contribution in [1.29, 1.82) is 0 Å². The van der Waals surface area contributed by atoms with Crippen molar-refractivity contribution in [2.24, 2.45) is 5.16 Å². The van der Waals surface area contributed by atoms with Crippen molar-refractivity contribution in [3.05, 3.63) is 71.0 Å². The lowest BCUT2D eigenvalue weighted by Crippen LogP contribution is -2.33. The van der Waals surface area contributed by atoms with Gasteiger partial charge >= 0.3 is 5.97 Å². The van der Waals surface area contributed by atoms with Crippen LogP contribution in [-0.4, -0.2) is 30.3 Å². The van der Waals surface area contributed by atoms with Gasteiger partial charge in [-0.1, -0.05) is 48.5 Å². The third-order valence-electron chi connectivity index (χ3n) is 4.70. The number of oxime groups is 1. The second-order valence-corrected chi connectivity index (χ2v) is 6.84. The number of aryl methyl sites for hydroxylation is 1. The Balaban J connectivity index is 1.45. The number of hydrogen-bond donors (Lipinski definition) is 1. The second-order valence-electron chi connectivity index (χ2n) is 6.84. The summed E-state index contributed by atoms with van der Waals surface area (Å²) in [6.07, 6.45) is 0.162. The maximum absolute atomic E-state index is 13.3. The molecule has 0 bridgehead atoms. The van der Waals surface area contributed by atoms with Gasteiger partial charge in [-0.05, 0) is 36.6 Å². The standard InChI is InChI=1S/C22H23FN2O4/c1-3-15-7-9-16(10-8-15)14(2)24-21(26)13-28-22(27)20-12-19(25-29-20)17-5-4-6-18(23)11-17/h4-11,14,20H,3,12-13H2,1-2H3,(H,24,26). The Morgan fingerprint density at radius 3 is 2.72 bits per heavy atom. The van der Waals surface area contributed by atoms with E-state index >= 15 is 0 Å². The molecule has 3 rings (SSSR count). The first-order valence-electron chi connectivity index (χ1n) is 9.49. The van der Waals surface area contributed by atoms with Gasteiger partial charge in [0, 0.05) is 12.0 Å². The first-order chi connectivity index (χ1) is 14.0. The Kier molecular flexibility index (Phi) is 6.59. The van der Waals surface area contributed by atoms with Crippen LogP contribution in [0.5, 0.6) is 0 Å². The van der Waals surface area contributed by atoms with E-state index in [1.165, 1.54) is 17.7 Å². The Morgan fingerprint density at radius 1 is 1.28 bits per heavy atom. The van der Waals surface area contributed by atoms with E-state index in [2.05, 4.69) is 17.4 Å². The third-order valence-corrected chi connectivity index (χ3v) is 4.70. The molecule has 1 N–H and O–H groups in total. The highest BCUT2D eigenvalue weighted by atomic mass is 19.1. The molecule has 0 aliphatic carbocycles. The molecule has 6 nitrogen and oxygen atoms in total. The van der Waals surface area contributed by atoms with Gasteiger partial charge in [0.15, 0.2) is 6.61 Å². The molecule has 29 heavy (non-hydrogen) atoms. The van der Waals surface area contributed by atoms with E-state index < -0.39 is 30.4 Å². The molecule has 7 heteroatoms. The highest BCUT2D eigenvalue weighted by molar-refractivity contribution is 6.03. The number of carbonyl (C=O) groups is 2. The average Bonchev–Trinajstić information content (AvgIpc) is 3.22. The predicted octanol–water partition coefficient (Wildman–Crippen LogP) is 3.30. The molecule has 1 amide bonds. The number of halogens is 1. The summed E-state index contributed by atoms with van der Waals surface area (Å²) in [5.41, 5.74) is 3.19. The maximum atomic E-state index is 13.3. The topological polar surface area (TPSA) is 77.0 Å². The van der Waals surface area contributed by atoms with Crippen LogP contribution in [0.3, 0.4) is 0 Å². The summed E-state index contributed by atoms with van der Waals surface area (Å²) >= 11 is 0. The molecule has 0 spiro atoms. The van der Waals surface area contributed by atoms with Crippen LogP contribution in [0, 0.1) is 5.82 Å². The number of nitrogens with one attached hydrogen (secondary N) is 1. The highest BCUT2D eigenvalue weighted by Gasteiger charge is 2.31. The minimum absolute atomic E-state index is 0.157. The summed E-state index contributed by atoms with van der Waals surface area (Å²) in [7, 11) is 0. The first kappa shape index (κ1) is 20.5. The smallest absolute Gasteiger partial charge is 0.351 e. The molecular formula is C22H23FN2O4. The number of hydrogen-bond acceptors (Lipinski definition) is 5. The fraction of sp³-hybridized carbons (Fsp3) is 0.318. The van der Waals surface area contributed by atoms with Crippen LogP contribution < -0.4 is 5.32 Å². The summed E-state index contributed by atoms with van der Waals surface area (Å²) in [5.74, 6) is -1.49. The number of benzene rings is 2. The van der Waals surface area contributed by atoms with Crippen LogP contribution in [0.4, 0.5) is 4.39 Å². The van der Waals surface area contributed by atoms with Gasteiger partial charge in [0.2, 0.25) is 6.10 Å². The zero-order valence-electron chi connectivity index (χ0n) is 16.4. The van der Waals surface area contributed by atoms with Crippen LogP contribution in [-0.2, 0) is 25.6 Å². The quantitative estimate of drug-likeness (QED) is 0.726. The van der Waals surface area contributed by atoms with Crippen LogP contribution in [0.15, 0.2) is 53.7 Å². The van der Waals surface area contributed by atoms with E-state index in [4.69, 9.17) is 9.57 Å². The molecule has 2 aromatic rings. The Bertz CT molecular complexity index is 911. The number of esters is 1. The molecule has 2 atom stereocenters. The largest absolute Gasteiger partial charge is 0.453 e. The molecule has 2 unspecified atom stereocenters. The zero-order chi connectivity index (χ0) is 20.8. The van der Waals surface area contributed by atoms with Crippen molar-refractivity contribution in [1.82, 2.24) is 5.32 Å². The minimum Gasteiger partial charge on any atom is -0.453 e. The lowest BCUT2D eigenvalue weighted by molar-refractivity contribution is -0.158. The SMILES string of the molecule is CCc1ccc(C(C)NC(=O)COC(=O)C2CC(c3cccc(F)c3)=NO2)cc1. The fourth-order valence-electron chi connectivity index (χ4n) is 2.98. The van der Waals surface area contributed by atoms with Gasteiger partial charge in [0.25, 0.3) is 5.91 Å². The maximum Gasteiger partial charge on any atom is 0.351 e. The van der Waals surface area contributed by atoms with Gasteiger partial charge in [-0.15, -0.1) is 0 Å².